The lowest BCUT2D eigenvalue weighted by Gasteiger charge is -2.24. The molecular weight excluding hydrogens is 420 g/mol. The van der Waals surface area contributed by atoms with Crippen LogP contribution in [0.2, 0.25) is 0 Å². The fraction of sp³-hybridized carbons (Fsp3) is 0.381. The van der Waals surface area contributed by atoms with E-state index in [2.05, 4.69) is 20.5 Å². The Morgan fingerprint density at radius 2 is 1.97 bits per heavy atom. The SMILES string of the molecule is CN1C(=O)C(NC(=O)c2nc3n(n2)C(c2c(F)cccc2F)CCC3)CCn2nccc21. The van der Waals surface area contributed by atoms with Crippen molar-refractivity contribution in [2.24, 2.45) is 0 Å². The van der Waals surface area contributed by atoms with Gasteiger partial charge >= 0.3 is 0 Å². The Balaban J connectivity index is 1.39. The number of hydrogen-bond acceptors (Lipinski definition) is 5. The summed E-state index contributed by atoms with van der Waals surface area (Å²) in [6, 6.07) is 4.00. The van der Waals surface area contributed by atoms with Gasteiger partial charge in [-0.3, -0.25) is 14.5 Å². The molecule has 1 N–H and O–H groups in total. The molecule has 1 aromatic carbocycles. The zero-order chi connectivity index (χ0) is 22.4. The van der Waals surface area contributed by atoms with Crippen molar-refractivity contribution in [1.82, 2.24) is 29.9 Å². The molecule has 32 heavy (non-hydrogen) atoms. The third kappa shape index (κ3) is 3.33. The Morgan fingerprint density at radius 3 is 2.75 bits per heavy atom. The monoisotopic (exact) mass is 441 g/mol. The van der Waals surface area contributed by atoms with Crippen molar-refractivity contribution >= 4 is 17.6 Å². The Hall–Kier alpha value is -3.63. The van der Waals surface area contributed by atoms with E-state index in [0.29, 0.717) is 43.9 Å². The van der Waals surface area contributed by atoms with Crippen LogP contribution in [0.3, 0.4) is 0 Å². The number of amides is 2. The summed E-state index contributed by atoms with van der Waals surface area (Å²) in [4.78, 5) is 31.5. The molecule has 9 nitrogen and oxygen atoms in total. The number of halogens is 2. The molecule has 3 aromatic rings. The smallest absolute Gasteiger partial charge is 0.291 e. The Labute approximate surface area is 182 Å². The Bertz CT molecular complexity index is 1180. The predicted octanol–water partition coefficient (Wildman–Crippen LogP) is 1.84. The maximum absolute atomic E-state index is 14.4. The van der Waals surface area contributed by atoms with Crippen molar-refractivity contribution in [3.8, 4) is 0 Å². The normalized spacial score (nSPS) is 20.5. The van der Waals surface area contributed by atoms with Gasteiger partial charge in [-0.1, -0.05) is 6.07 Å². The molecule has 2 aliphatic rings. The number of benzene rings is 1. The van der Waals surface area contributed by atoms with E-state index in [4.69, 9.17) is 0 Å². The highest BCUT2D eigenvalue weighted by atomic mass is 19.1. The van der Waals surface area contributed by atoms with Crippen molar-refractivity contribution < 1.29 is 18.4 Å². The minimum atomic E-state index is -0.769. The number of carbonyl (C=O) groups is 2. The molecule has 2 aromatic heterocycles. The standard InChI is InChI=1S/C21H21F2N7O2/c1-28-17-8-10-24-29(17)11-9-14(21(28)32)25-20(31)19-26-16-7-3-6-15(30(16)27-19)18-12(22)4-2-5-13(18)23/h2,4-5,8,10,14-15H,3,6-7,9,11H2,1H3,(H,25,31). The average Bonchev–Trinajstić information content (AvgIpc) is 3.40. The number of nitrogens with one attached hydrogen (secondary N) is 1. The predicted molar refractivity (Wildman–Crippen MR) is 109 cm³/mol. The van der Waals surface area contributed by atoms with Gasteiger partial charge < -0.3 is 5.32 Å². The number of fused-ring (bicyclic) bond motifs is 2. The van der Waals surface area contributed by atoms with Crippen LogP contribution in [0.5, 0.6) is 0 Å². The first-order valence-electron chi connectivity index (χ1n) is 10.4. The number of anilines is 1. The molecule has 2 aliphatic heterocycles. The minimum Gasteiger partial charge on any atom is -0.337 e. The number of carbonyl (C=O) groups excluding carboxylic acids is 2. The molecule has 166 valence electrons. The van der Waals surface area contributed by atoms with E-state index in [1.165, 1.54) is 27.8 Å². The van der Waals surface area contributed by atoms with Crippen LogP contribution in [0.4, 0.5) is 14.6 Å². The fourth-order valence-electron chi connectivity index (χ4n) is 4.40. The van der Waals surface area contributed by atoms with Gasteiger partial charge in [-0.25, -0.2) is 23.1 Å². The molecule has 0 spiro atoms. The third-order valence-electron chi connectivity index (χ3n) is 6.01. The molecule has 0 aliphatic carbocycles. The van der Waals surface area contributed by atoms with Crippen LogP contribution in [0.1, 0.15) is 47.3 Å². The highest BCUT2D eigenvalue weighted by Gasteiger charge is 2.33. The van der Waals surface area contributed by atoms with E-state index in [0.717, 1.165) is 0 Å². The summed E-state index contributed by atoms with van der Waals surface area (Å²) >= 11 is 0. The molecule has 2 amide bonds. The molecule has 0 saturated heterocycles. The molecule has 0 bridgehead atoms. The quantitative estimate of drug-likeness (QED) is 0.669. The second-order valence-corrected chi connectivity index (χ2v) is 7.96. The molecule has 5 rings (SSSR count). The van der Waals surface area contributed by atoms with Gasteiger partial charge in [0.15, 0.2) is 0 Å². The average molecular weight is 441 g/mol. The van der Waals surface area contributed by atoms with E-state index in [-0.39, 0.29) is 17.3 Å². The van der Waals surface area contributed by atoms with E-state index < -0.39 is 29.6 Å². The zero-order valence-electron chi connectivity index (χ0n) is 17.3. The van der Waals surface area contributed by atoms with Crippen molar-refractivity contribution in [3.05, 3.63) is 59.3 Å². The van der Waals surface area contributed by atoms with E-state index >= 15 is 0 Å². The lowest BCUT2D eigenvalue weighted by molar-refractivity contribution is -0.120. The van der Waals surface area contributed by atoms with Gasteiger partial charge in [-0.2, -0.15) is 5.10 Å². The number of hydrogen-bond donors (Lipinski definition) is 1. The molecule has 4 heterocycles. The van der Waals surface area contributed by atoms with Gasteiger partial charge in [0.1, 0.15) is 29.3 Å². The second-order valence-electron chi connectivity index (χ2n) is 7.96. The number of rotatable bonds is 3. The topological polar surface area (TPSA) is 97.9 Å². The van der Waals surface area contributed by atoms with Crippen LogP contribution in [-0.2, 0) is 17.8 Å². The summed E-state index contributed by atoms with van der Waals surface area (Å²) in [5.41, 5.74) is -0.0831. The van der Waals surface area contributed by atoms with Crippen molar-refractivity contribution in [2.45, 2.75) is 44.3 Å². The third-order valence-corrected chi connectivity index (χ3v) is 6.01. The molecular formula is C21H21F2N7O2. The molecule has 2 unspecified atom stereocenters. The molecule has 0 fully saturated rings. The number of aryl methyl sites for hydroxylation is 2. The van der Waals surface area contributed by atoms with Crippen LogP contribution >= 0.6 is 0 Å². The first kappa shape index (κ1) is 20.3. The summed E-state index contributed by atoms with van der Waals surface area (Å²) in [6.07, 6.45) is 3.66. The lowest BCUT2D eigenvalue weighted by atomic mass is 9.97. The highest BCUT2D eigenvalue weighted by molar-refractivity contribution is 6.00. The van der Waals surface area contributed by atoms with Crippen molar-refractivity contribution in [1.29, 1.82) is 0 Å². The first-order chi connectivity index (χ1) is 15.4. The van der Waals surface area contributed by atoms with E-state index in [1.54, 1.807) is 24.0 Å². The molecule has 0 radical (unpaired) electrons. The Morgan fingerprint density at radius 1 is 1.19 bits per heavy atom. The van der Waals surface area contributed by atoms with Crippen molar-refractivity contribution in [3.63, 3.8) is 0 Å². The van der Waals surface area contributed by atoms with Crippen LogP contribution in [0.25, 0.3) is 0 Å². The number of nitrogens with zero attached hydrogens (tertiary/aromatic N) is 6. The molecule has 2 atom stereocenters. The fourth-order valence-corrected chi connectivity index (χ4v) is 4.40. The maximum Gasteiger partial charge on any atom is 0.291 e. The number of aromatic nitrogens is 5. The van der Waals surface area contributed by atoms with E-state index in [1.807, 2.05) is 0 Å². The summed E-state index contributed by atoms with van der Waals surface area (Å²) in [5.74, 6) is -1.18. The van der Waals surface area contributed by atoms with Gasteiger partial charge in [0.2, 0.25) is 5.82 Å². The summed E-state index contributed by atoms with van der Waals surface area (Å²) < 4.78 is 31.9. The highest BCUT2D eigenvalue weighted by Crippen LogP contribution is 2.32. The van der Waals surface area contributed by atoms with Crippen molar-refractivity contribution in [2.75, 3.05) is 11.9 Å². The Kier molecular flexibility index (Phi) is 4.95. The van der Waals surface area contributed by atoms with Gasteiger partial charge in [0.25, 0.3) is 11.8 Å². The van der Waals surface area contributed by atoms with Crippen LogP contribution < -0.4 is 10.2 Å². The van der Waals surface area contributed by atoms with Crippen LogP contribution in [0.15, 0.2) is 30.5 Å². The zero-order valence-corrected chi connectivity index (χ0v) is 17.3. The van der Waals surface area contributed by atoms with Gasteiger partial charge in [0, 0.05) is 31.6 Å². The lowest BCUT2D eigenvalue weighted by Crippen LogP contribution is -2.47. The van der Waals surface area contributed by atoms with Crippen LogP contribution in [0, 0.1) is 11.6 Å². The first-order valence-corrected chi connectivity index (χ1v) is 10.4. The van der Waals surface area contributed by atoms with Gasteiger partial charge in [-0.15, -0.1) is 5.10 Å². The largest absolute Gasteiger partial charge is 0.337 e. The van der Waals surface area contributed by atoms with Crippen LogP contribution in [-0.4, -0.2) is 49.4 Å². The number of likely N-dealkylation sites (N-methyl/N-ethyl adjacent to an activating group) is 1. The second kappa shape index (κ2) is 7.81. The minimum absolute atomic E-state index is 0.0831. The van der Waals surface area contributed by atoms with Gasteiger partial charge in [0.05, 0.1) is 12.2 Å². The summed E-state index contributed by atoms with van der Waals surface area (Å²) in [6.45, 7) is 0.463. The molecule has 0 saturated carbocycles. The summed E-state index contributed by atoms with van der Waals surface area (Å²) in [5, 5.41) is 11.2. The van der Waals surface area contributed by atoms with E-state index in [9.17, 15) is 18.4 Å². The molecule has 11 heteroatoms. The van der Waals surface area contributed by atoms with Gasteiger partial charge in [-0.05, 0) is 31.4 Å². The summed E-state index contributed by atoms with van der Waals surface area (Å²) in [7, 11) is 1.63. The maximum atomic E-state index is 14.4.